The van der Waals surface area contributed by atoms with Gasteiger partial charge in [0.25, 0.3) is 0 Å². The minimum atomic E-state index is -6.09. The van der Waals surface area contributed by atoms with Gasteiger partial charge in [-0.15, -0.1) is 0 Å². The molecule has 1 aliphatic rings. The van der Waals surface area contributed by atoms with Crippen LogP contribution in [0, 0.1) is 14.9 Å². The van der Waals surface area contributed by atoms with Crippen LogP contribution in [0.2, 0.25) is 0 Å². The number of carbonyl (C=O) groups excluding carboxylic acids is 1. The number of halogens is 4. The van der Waals surface area contributed by atoms with Crippen molar-refractivity contribution in [2.24, 2.45) is 11.3 Å². The predicted octanol–water partition coefficient (Wildman–Crippen LogP) is 1.85. The zero-order valence-corrected chi connectivity index (χ0v) is 19.6. The summed E-state index contributed by atoms with van der Waals surface area (Å²) in [7, 11) is -6.09. The molecule has 2 rings (SSSR count). The molecule has 162 valence electrons. The van der Waals surface area contributed by atoms with E-state index in [1.54, 1.807) is 0 Å². The third-order valence-corrected chi connectivity index (χ3v) is 7.52. The van der Waals surface area contributed by atoms with Gasteiger partial charge in [-0.05, 0) is 18.6 Å². The van der Waals surface area contributed by atoms with Crippen LogP contribution in [-0.4, -0.2) is 24.3 Å². The summed E-state index contributed by atoms with van der Waals surface area (Å²) in [5.41, 5.74) is -4.82. The fourth-order valence-electron chi connectivity index (χ4n) is 2.48. The molecule has 0 spiro atoms. The van der Waals surface area contributed by atoms with E-state index in [1.165, 1.54) is 7.15 Å². The van der Waals surface area contributed by atoms with Crippen LogP contribution in [0.25, 0.3) is 0 Å². The van der Waals surface area contributed by atoms with Crippen molar-refractivity contribution in [1.82, 2.24) is 0 Å². The minimum Gasteiger partial charge on any atom is -0.741 e. The van der Waals surface area contributed by atoms with Crippen molar-refractivity contribution in [3.8, 4) is 0 Å². The van der Waals surface area contributed by atoms with E-state index in [9.17, 15) is 18.0 Å². The second-order valence-electron chi connectivity index (χ2n) is 7.33. The number of benzene rings is 1. The van der Waals surface area contributed by atoms with Crippen LogP contribution in [0.1, 0.15) is 40.5 Å². The molecule has 1 aromatic carbocycles. The molecule has 9 heteroatoms. The lowest BCUT2D eigenvalue weighted by Gasteiger charge is -2.24. The molecule has 0 aromatic heterocycles. The zero-order chi connectivity index (χ0) is 22.5. The van der Waals surface area contributed by atoms with Gasteiger partial charge in [0.1, 0.15) is 0 Å². The lowest BCUT2D eigenvalue weighted by atomic mass is 9.78. The lowest BCUT2D eigenvalue weighted by molar-refractivity contribution is -0.579. The van der Waals surface area contributed by atoms with Gasteiger partial charge in [0.05, 0.1) is 5.57 Å². The number of ketones is 1. The van der Waals surface area contributed by atoms with Crippen molar-refractivity contribution in [3.05, 3.63) is 55.2 Å². The quantitative estimate of drug-likeness (QED) is 0.251. The van der Waals surface area contributed by atoms with Crippen molar-refractivity contribution in [3.63, 3.8) is 0 Å². The standard InChI is InChI=1S/C19H24IO.CHF3O3S/c1-5-14-10-9-13-16(17(14)18(21)19(2,3)4)20-15-11-7-6-8-12-15;2-1(3,4)8(5,6)7/h6-12,14H,5,13H2,1-4H3;(H,5,6,7)/q+1;/p-1. The second kappa shape index (κ2) is 10.2. The molecule has 0 radical (unpaired) electrons. The molecule has 0 saturated carbocycles. The fraction of sp³-hybridized carbons (Fsp3) is 0.450. The first-order valence-electron chi connectivity index (χ1n) is 8.85. The number of Topliss-reactive ketones (excluding diaryl/α,β-unsaturated/α-hetero) is 1. The third-order valence-electron chi connectivity index (χ3n) is 3.93. The summed E-state index contributed by atoms with van der Waals surface area (Å²) in [6.45, 7) is 8.28. The molecule has 0 fully saturated rings. The van der Waals surface area contributed by atoms with E-state index in [0.717, 1.165) is 18.4 Å². The Labute approximate surface area is 180 Å². The van der Waals surface area contributed by atoms with Gasteiger partial charge in [0.2, 0.25) is 0 Å². The molecule has 4 nitrogen and oxygen atoms in total. The lowest BCUT2D eigenvalue weighted by Crippen LogP contribution is -3.61. The Morgan fingerprint density at radius 3 is 2.10 bits per heavy atom. The molecule has 0 bridgehead atoms. The number of rotatable bonds is 4. The average Bonchev–Trinajstić information content (AvgIpc) is 2.60. The number of hydrogen-bond donors (Lipinski definition) is 0. The summed E-state index contributed by atoms with van der Waals surface area (Å²) < 4.78 is 61.7. The Morgan fingerprint density at radius 1 is 1.17 bits per heavy atom. The largest absolute Gasteiger partial charge is 0.741 e. The van der Waals surface area contributed by atoms with E-state index in [1.807, 2.05) is 20.8 Å². The Hall–Kier alpha value is -1.20. The van der Waals surface area contributed by atoms with Crippen molar-refractivity contribution in [2.75, 3.05) is 0 Å². The highest BCUT2D eigenvalue weighted by Crippen LogP contribution is 2.31. The van der Waals surface area contributed by atoms with Crippen LogP contribution in [0.3, 0.4) is 0 Å². The van der Waals surface area contributed by atoms with E-state index >= 15 is 0 Å². The minimum absolute atomic E-state index is 0.242. The van der Waals surface area contributed by atoms with Crippen LogP contribution in [-0.2, 0) is 14.9 Å². The fourth-order valence-corrected chi connectivity index (χ4v) is 5.41. The van der Waals surface area contributed by atoms with Gasteiger partial charge < -0.3 is 4.55 Å². The maximum absolute atomic E-state index is 12.9. The first kappa shape index (κ1) is 25.8. The van der Waals surface area contributed by atoms with Crippen molar-refractivity contribution < 1.29 is 52.1 Å². The number of alkyl halides is 3. The molecular formula is C20H24F3IO4S. The van der Waals surface area contributed by atoms with Gasteiger partial charge in [-0.1, -0.05) is 58.0 Å². The molecule has 1 atom stereocenters. The second-order valence-corrected chi connectivity index (χ2v) is 11.8. The molecule has 29 heavy (non-hydrogen) atoms. The molecule has 0 heterocycles. The van der Waals surface area contributed by atoms with E-state index in [2.05, 4.69) is 49.4 Å². The molecule has 0 amide bonds. The number of carbonyl (C=O) groups is 1. The monoisotopic (exact) mass is 544 g/mol. The van der Waals surface area contributed by atoms with Crippen molar-refractivity contribution in [1.29, 1.82) is 0 Å². The Morgan fingerprint density at radius 2 is 1.69 bits per heavy atom. The van der Waals surface area contributed by atoms with E-state index in [0.29, 0.717) is 11.7 Å². The molecule has 1 aromatic rings. The van der Waals surface area contributed by atoms with Gasteiger partial charge in [-0.25, -0.2) is 8.42 Å². The van der Waals surface area contributed by atoms with Gasteiger partial charge in [-0.2, -0.15) is 13.2 Å². The Balaban J connectivity index is 0.000000447. The maximum atomic E-state index is 12.9. The first-order chi connectivity index (χ1) is 13.2. The number of allylic oxidation sites excluding steroid dienone is 4. The topological polar surface area (TPSA) is 74.3 Å². The summed E-state index contributed by atoms with van der Waals surface area (Å²) in [5.74, 6) is 0.646. The summed E-state index contributed by atoms with van der Waals surface area (Å²) in [6, 6.07) is 10.6. The van der Waals surface area contributed by atoms with Gasteiger partial charge in [0, 0.05) is 17.8 Å². The molecular weight excluding hydrogens is 520 g/mol. The normalized spacial score (nSPS) is 17.6. The van der Waals surface area contributed by atoms with Crippen LogP contribution in [0.5, 0.6) is 0 Å². The van der Waals surface area contributed by atoms with Crippen LogP contribution in [0.15, 0.2) is 51.6 Å². The highest BCUT2D eigenvalue weighted by molar-refractivity contribution is 7.86. The molecule has 0 saturated heterocycles. The average molecular weight is 544 g/mol. The smallest absolute Gasteiger partial charge is 0.485 e. The molecule has 0 aliphatic heterocycles. The van der Waals surface area contributed by atoms with Crippen molar-refractivity contribution >= 4 is 15.9 Å². The molecule has 1 aliphatic carbocycles. The molecule has 1 unspecified atom stereocenters. The van der Waals surface area contributed by atoms with Crippen LogP contribution >= 0.6 is 0 Å². The summed E-state index contributed by atoms with van der Waals surface area (Å²) in [5, 5.41) is 0. The maximum Gasteiger partial charge on any atom is 0.485 e. The predicted molar refractivity (Wildman–Crippen MR) is 99.9 cm³/mol. The highest BCUT2D eigenvalue weighted by Gasteiger charge is 2.37. The third kappa shape index (κ3) is 7.86. The van der Waals surface area contributed by atoms with Gasteiger partial charge in [-0.3, -0.25) is 4.79 Å². The Kier molecular flexibility index (Phi) is 9.10. The van der Waals surface area contributed by atoms with Crippen LogP contribution < -0.4 is 21.2 Å². The van der Waals surface area contributed by atoms with E-state index < -0.39 is 15.6 Å². The summed E-state index contributed by atoms with van der Waals surface area (Å²) in [4.78, 5) is 12.9. The highest BCUT2D eigenvalue weighted by atomic mass is 127. The molecule has 0 N–H and O–H groups in total. The van der Waals surface area contributed by atoms with Gasteiger partial charge >= 0.3 is 26.7 Å². The van der Waals surface area contributed by atoms with Crippen molar-refractivity contribution in [2.45, 2.75) is 46.0 Å². The van der Waals surface area contributed by atoms with Crippen LogP contribution in [0.4, 0.5) is 13.2 Å². The Bertz CT molecular complexity index is 867. The summed E-state index contributed by atoms with van der Waals surface area (Å²) in [6.07, 6.45) is 6.45. The van der Waals surface area contributed by atoms with Gasteiger partial charge in [0.15, 0.2) is 23.1 Å². The SMILES string of the molecule is CCC1C=CCC([I+]c2ccccc2)=C1C(=O)C(C)(C)C.O=S(=O)([O-])C(F)(F)F. The van der Waals surface area contributed by atoms with E-state index in [4.69, 9.17) is 13.0 Å². The summed E-state index contributed by atoms with van der Waals surface area (Å²) >= 11 is -0.242. The first-order valence-corrected chi connectivity index (χ1v) is 12.4. The zero-order valence-electron chi connectivity index (χ0n) is 16.6. The number of hydrogen-bond acceptors (Lipinski definition) is 4. The van der Waals surface area contributed by atoms with E-state index in [-0.39, 0.29) is 26.6 Å².